The number of aromatic nitrogens is 3. The number of hydrogen-bond acceptors (Lipinski definition) is 4. The van der Waals surface area contributed by atoms with E-state index >= 15 is 0 Å². The van der Waals surface area contributed by atoms with Crippen LogP contribution in [0.2, 0.25) is 0 Å². The van der Waals surface area contributed by atoms with E-state index in [1.165, 1.54) is 0 Å². The Morgan fingerprint density at radius 1 is 1.29 bits per heavy atom. The lowest BCUT2D eigenvalue weighted by Crippen LogP contribution is -2.29. The molecule has 1 aliphatic carbocycles. The van der Waals surface area contributed by atoms with Crippen LogP contribution in [0.25, 0.3) is 5.69 Å². The van der Waals surface area contributed by atoms with Gasteiger partial charge in [0.05, 0.1) is 18.3 Å². The molecule has 112 valence electrons. The Labute approximate surface area is 125 Å². The fourth-order valence-corrected chi connectivity index (χ4v) is 3.01. The second-order valence-electron chi connectivity index (χ2n) is 5.90. The van der Waals surface area contributed by atoms with E-state index in [1.807, 2.05) is 30.3 Å². The third kappa shape index (κ3) is 3.49. The van der Waals surface area contributed by atoms with E-state index in [2.05, 4.69) is 22.0 Å². The molecule has 21 heavy (non-hydrogen) atoms. The van der Waals surface area contributed by atoms with Crippen LogP contribution >= 0.6 is 0 Å². The highest BCUT2D eigenvalue weighted by Gasteiger charge is 2.26. The lowest BCUT2D eigenvalue weighted by molar-refractivity contribution is 0.107. The van der Waals surface area contributed by atoms with Gasteiger partial charge >= 0.3 is 0 Å². The molecule has 5 nitrogen and oxygen atoms in total. The monoisotopic (exact) mass is 286 g/mol. The Kier molecular flexibility index (Phi) is 4.31. The number of aliphatic hydroxyl groups excluding tert-OH is 1. The van der Waals surface area contributed by atoms with E-state index < -0.39 is 0 Å². The molecular weight excluding hydrogens is 264 g/mol. The molecule has 1 aromatic heterocycles. The van der Waals surface area contributed by atoms with Gasteiger partial charge in [0.25, 0.3) is 0 Å². The van der Waals surface area contributed by atoms with E-state index in [9.17, 15) is 5.11 Å². The van der Waals surface area contributed by atoms with Crippen LogP contribution in [0.5, 0.6) is 0 Å². The quantitative estimate of drug-likeness (QED) is 0.911. The summed E-state index contributed by atoms with van der Waals surface area (Å²) in [5.41, 5.74) is 1.02. The molecule has 2 aromatic rings. The van der Waals surface area contributed by atoms with Gasteiger partial charge in [0.2, 0.25) is 0 Å². The average molecular weight is 286 g/mol. The van der Waals surface area contributed by atoms with Crippen molar-refractivity contribution in [2.75, 3.05) is 13.6 Å². The second kappa shape index (κ2) is 6.37. The summed E-state index contributed by atoms with van der Waals surface area (Å²) in [6.07, 6.45) is 4.82. The summed E-state index contributed by atoms with van der Waals surface area (Å²) in [6, 6.07) is 9.99. The fraction of sp³-hybridized carbons (Fsp3) is 0.500. The molecule has 5 heteroatoms. The third-order valence-corrected chi connectivity index (χ3v) is 4.14. The molecular formula is C16H22N4O. The highest BCUT2D eigenvalue weighted by atomic mass is 16.3. The van der Waals surface area contributed by atoms with Gasteiger partial charge in [0.1, 0.15) is 6.33 Å². The van der Waals surface area contributed by atoms with Crippen molar-refractivity contribution in [2.45, 2.75) is 31.9 Å². The minimum absolute atomic E-state index is 0.137. The molecule has 0 bridgehead atoms. The van der Waals surface area contributed by atoms with Crippen molar-refractivity contribution in [3.63, 3.8) is 0 Å². The van der Waals surface area contributed by atoms with E-state index in [1.54, 1.807) is 11.0 Å². The molecule has 0 aliphatic heterocycles. The number of rotatable bonds is 5. The summed E-state index contributed by atoms with van der Waals surface area (Å²) in [4.78, 5) is 6.57. The smallest absolute Gasteiger partial charge is 0.164 e. The molecule has 0 saturated heterocycles. The van der Waals surface area contributed by atoms with E-state index in [0.717, 1.165) is 37.3 Å². The van der Waals surface area contributed by atoms with Crippen LogP contribution in [0.3, 0.4) is 0 Å². The molecule has 1 aliphatic rings. The van der Waals surface area contributed by atoms with Crippen LogP contribution in [0.15, 0.2) is 36.7 Å². The Morgan fingerprint density at radius 2 is 2.10 bits per heavy atom. The minimum atomic E-state index is -0.137. The molecule has 0 amide bonds. The van der Waals surface area contributed by atoms with Crippen LogP contribution in [0.4, 0.5) is 0 Å². The van der Waals surface area contributed by atoms with E-state index in [0.29, 0.717) is 12.5 Å². The van der Waals surface area contributed by atoms with Gasteiger partial charge in [0.15, 0.2) is 5.82 Å². The Balaban J connectivity index is 1.59. The molecule has 0 spiro atoms. The predicted octanol–water partition coefficient (Wildman–Crippen LogP) is 1.86. The standard InChI is InChI=1S/C16H22N4O/c1-19(10-13-6-5-9-15(13)21)11-16-17-12-20(18-16)14-7-3-2-4-8-14/h2-4,7-8,12-13,15,21H,5-6,9-11H2,1H3. The van der Waals surface area contributed by atoms with Gasteiger partial charge in [-0.25, -0.2) is 9.67 Å². The summed E-state index contributed by atoms with van der Waals surface area (Å²) in [6.45, 7) is 1.62. The molecule has 3 rings (SSSR count). The van der Waals surface area contributed by atoms with Crippen molar-refractivity contribution in [1.29, 1.82) is 0 Å². The van der Waals surface area contributed by atoms with Gasteiger partial charge < -0.3 is 5.11 Å². The highest BCUT2D eigenvalue weighted by molar-refractivity contribution is 5.29. The SMILES string of the molecule is CN(Cc1ncn(-c2ccccc2)n1)CC1CCCC1O. The zero-order valence-electron chi connectivity index (χ0n) is 12.4. The predicted molar refractivity (Wildman–Crippen MR) is 81.0 cm³/mol. The van der Waals surface area contributed by atoms with Crippen molar-refractivity contribution in [2.24, 2.45) is 5.92 Å². The molecule has 0 radical (unpaired) electrons. The Hall–Kier alpha value is -1.72. The maximum absolute atomic E-state index is 9.89. The van der Waals surface area contributed by atoms with E-state index in [4.69, 9.17) is 0 Å². The van der Waals surface area contributed by atoms with Crippen molar-refractivity contribution in [1.82, 2.24) is 19.7 Å². The molecule has 1 aromatic carbocycles. The summed E-state index contributed by atoms with van der Waals surface area (Å²) < 4.78 is 1.80. The lowest BCUT2D eigenvalue weighted by Gasteiger charge is -2.21. The zero-order chi connectivity index (χ0) is 14.7. The maximum atomic E-state index is 9.89. The first-order valence-electron chi connectivity index (χ1n) is 7.55. The first kappa shape index (κ1) is 14.2. The summed E-state index contributed by atoms with van der Waals surface area (Å²) in [7, 11) is 2.06. The molecule has 2 unspecified atom stereocenters. The molecule has 1 N–H and O–H groups in total. The van der Waals surface area contributed by atoms with Crippen molar-refractivity contribution < 1.29 is 5.11 Å². The minimum Gasteiger partial charge on any atom is -0.393 e. The van der Waals surface area contributed by atoms with Crippen molar-refractivity contribution in [3.8, 4) is 5.69 Å². The maximum Gasteiger partial charge on any atom is 0.164 e. The second-order valence-corrected chi connectivity index (χ2v) is 5.90. The zero-order valence-corrected chi connectivity index (χ0v) is 12.4. The van der Waals surface area contributed by atoms with E-state index in [-0.39, 0.29) is 6.10 Å². The van der Waals surface area contributed by atoms with Crippen LogP contribution in [0, 0.1) is 5.92 Å². The summed E-state index contributed by atoms with van der Waals surface area (Å²) in [5, 5.41) is 14.4. The van der Waals surface area contributed by atoms with Gasteiger partial charge in [-0.3, -0.25) is 4.90 Å². The Bertz CT molecular complexity index is 569. The van der Waals surface area contributed by atoms with Gasteiger partial charge in [-0.15, -0.1) is 5.10 Å². The number of benzene rings is 1. The van der Waals surface area contributed by atoms with Gasteiger partial charge in [-0.2, -0.15) is 0 Å². The van der Waals surface area contributed by atoms with Gasteiger partial charge in [-0.1, -0.05) is 24.6 Å². The van der Waals surface area contributed by atoms with Crippen LogP contribution in [-0.4, -0.2) is 44.5 Å². The van der Waals surface area contributed by atoms with Crippen molar-refractivity contribution in [3.05, 3.63) is 42.5 Å². The topological polar surface area (TPSA) is 54.2 Å². The summed E-state index contributed by atoms with van der Waals surface area (Å²) in [5.74, 6) is 1.21. The van der Waals surface area contributed by atoms with Crippen LogP contribution in [0.1, 0.15) is 25.1 Å². The highest BCUT2D eigenvalue weighted by Crippen LogP contribution is 2.26. The average Bonchev–Trinajstić information content (AvgIpc) is 3.10. The first-order chi connectivity index (χ1) is 10.2. The molecule has 1 saturated carbocycles. The number of hydrogen-bond donors (Lipinski definition) is 1. The van der Waals surface area contributed by atoms with Crippen LogP contribution < -0.4 is 0 Å². The Morgan fingerprint density at radius 3 is 2.81 bits per heavy atom. The lowest BCUT2D eigenvalue weighted by atomic mass is 10.1. The molecule has 1 fully saturated rings. The number of aliphatic hydroxyl groups is 1. The number of para-hydroxylation sites is 1. The van der Waals surface area contributed by atoms with Gasteiger partial charge in [0, 0.05) is 6.54 Å². The number of nitrogens with zero attached hydrogens (tertiary/aromatic N) is 4. The van der Waals surface area contributed by atoms with Crippen molar-refractivity contribution >= 4 is 0 Å². The molecule has 2 atom stereocenters. The largest absolute Gasteiger partial charge is 0.393 e. The first-order valence-corrected chi connectivity index (χ1v) is 7.55. The van der Waals surface area contributed by atoms with Gasteiger partial charge in [-0.05, 0) is 37.9 Å². The third-order valence-electron chi connectivity index (χ3n) is 4.14. The summed E-state index contributed by atoms with van der Waals surface area (Å²) >= 11 is 0. The normalized spacial score (nSPS) is 22.0. The molecule has 1 heterocycles. The van der Waals surface area contributed by atoms with Crippen LogP contribution in [-0.2, 0) is 6.54 Å². The fourth-order valence-electron chi connectivity index (χ4n) is 3.01.